The second-order valence-electron chi connectivity index (χ2n) is 8.37. The Kier molecular flexibility index (Phi) is 6.38. The molecule has 0 unspecified atom stereocenters. The molecule has 0 fully saturated rings. The van der Waals surface area contributed by atoms with E-state index in [-0.39, 0.29) is 12.1 Å². The van der Waals surface area contributed by atoms with Gasteiger partial charge in [0.1, 0.15) is 13.2 Å². The van der Waals surface area contributed by atoms with Crippen molar-refractivity contribution in [1.29, 1.82) is 0 Å². The van der Waals surface area contributed by atoms with Crippen molar-refractivity contribution in [3.63, 3.8) is 0 Å². The van der Waals surface area contributed by atoms with Crippen molar-refractivity contribution < 1.29 is 31.1 Å². The first-order valence-corrected chi connectivity index (χ1v) is 12.6. The third-order valence-corrected chi connectivity index (χ3v) is 7.60. The highest BCUT2D eigenvalue weighted by Crippen LogP contribution is 2.34. The minimum atomic E-state index is -4.72. The number of ether oxygens (including phenoxy) is 2. The standard InChI is InChI=1S/C25H20F3N3O5S/c26-25(27,28)19-4-1-5-20(11-19)37(33,34)31(14-16-3-2-6-29-13-16)15-18-9-17-10-22-23(36-8-7-35-22)12-21(17)30-24(18)32/h1-6,9-13H,7-8,14-15H2,(H,30,32). The van der Waals surface area contributed by atoms with Gasteiger partial charge in [-0.25, -0.2) is 8.42 Å². The maximum Gasteiger partial charge on any atom is 0.416 e. The summed E-state index contributed by atoms with van der Waals surface area (Å²) in [5.74, 6) is 0.966. The number of aromatic nitrogens is 2. The number of sulfonamides is 1. The van der Waals surface area contributed by atoms with E-state index < -0.39 is 38.8 Å². The highest BCUT2D eigenvalue weighted by atomic mass is 32.2. The van der Waals surface area contributed by atoms with Crippen molar-refractivity contribution in [3.05, 3.63) is 94.0 Å². The summed E-state index contributed by atoms with van der Waals surface area (Å²) in [5, 5.41) is 0.580. The zero-order valence-corrected chi connectivity index (χ0v) is 20.0. The van der Waals surface area contributed by atoms with E-state index >= 15 is 0 Å². The number of alkyl halides is 3. The lowest BCUT2D eigenvalue weighted by Gasteiger charge is -2.23. The zero-order valence-electron chi connectivity index (χ0n) is 19.2. The van der Waals surface area contributed by atoms with Crippen LogP contribution in [-0.2, 0) is 29.3 Å². The van der Waals surface area contributed by atoms with Gasteiger partial charge < -0.3 is 14.5 Å². The molecular formula is C25H20F3N3O5S. The maximum absolute atomic E-state index is 13.6. The van der Waals surface area contributed by atoms with E-state index in [0.29, 0.717) is 47.2 Å². The number of hydrogen-bond acceptors (Lipinski definition) is 6. The lowest BCUT2D eigenvalue weighted by atomic mass is 10.1. The van der Waals surface area contributed by atoms with Crippen LogP contribution >= 0.6 is 0 Å². The van der Waals surface area contributed by atoms with Gasteiger partial charge in [-0.1, -0.05) is 12.1 Å². The Bertz CT molecular complexity index is 1620. The van der Waals surface area contributed by atoms with Crippen LogP contribution in [0.1, 0.15) is 16.7 Å². The first-order valence-electron chi connectivity index (χ1n) is 11.1. The van der Waals surface area contributed by atoms with Crippen LogP contribution in [0.3, 0.4) is 0 Å². The first kappa shape index (κ1) is 24.8. The number of nitrogens with zero attached hydrogens (tertiary/aromatic N) is 2. The number of benzene rings is 2. The van der Waals surface area contributed by atoms with Crippen molar-refractivity contribution in [3.8, 4) is 11.5 Å². The Morgan fingerprint density at radius 3 is 2.43 bits per heavy atom. The molecule has 2 aromatic heterocycles. The van der Waals surface area contributed by atoms with Gasteiger partial charge in [0.15, 0.2) is 11.5 Å². The quantitative estimate of drug-likeness (QED) is 0.402. The molecule has 1 aliphatic rings. The van der Waals surface area contributed by atoms with Gasteiger partial charge in [0.05, 0.1) is 16.0 Å². The predicted octanol–water partition coefficient (Wildman–Crippen LogP) is 4.10. The number of rotatable bonds is 6. The van der Waals surface area contributed by atoms with Crippen molar-refractivity contribution >= 4 is 20.9 Å². The molecule has 0 aliphatic carbocycles. The molecule has 0 radical (unpaired) electrons. The number of nitrogens with one attached hydrogen (secondary N) is 1. The Hall–Kier alpha value is -3.90. The Balaban J connectivity index is 1.57. The fourth-order valence-electron chi connectivity index (χ4n) is 4.00. The molecule has 0 atom stereocenters. The summed E-state index contributed by atoms with van der Waals surface area (Å²) in [4.78, 5) is 19.1. The summed E-state index contributed by atoms with van der Waals surface area (Å²) in [6.45, 7) is 0.124. The van der Waals surface area contributed by atoms with Gasteiger partial charge in [-0.2, -0.15) is 17.5 Å². The Morgan fingerprint density at radius 2 is 1.73 bits per heavy atom. The number of pyridine rings is 2. The SMILES string of the molecule is O=c1[nH]c2cc3c(cc2cc1CN(Cc1cccnc1)S(=O)(=O)c1cccc(C(F)(F)F)c1)OCCO3. The topological polar surface area (TPSA) is 102 Å². The van der Waals surface area contributed by atoms with Crippen LogP contribution in [0.4, 0.5) is 13.2 Å². The number of H-pyrrole nitrogens is 1. The van der Waals surface area contributed by atoms with E-state index in [1.807, 2.05) is 0 Å². The van der Waals surface area contributed by atoms with Crippen molar-refractivity contribution in [2.75, 3.05) is 13.2 Å². The molecular weight excluding hydrogens is 511 g/mol. The molecule has 37 heavy (non-hydrogen) atoms. The summed E-state index contributed by atoms with van der Waals surface area (Å²) in [6.07, 6.45) is -1.77. The Labute approximate surface area is 209 Å². The molecule has 8 nitrogen and oxygen atoms in total. The molecule has 0 saturated heterocycles. The molecule has 4 aromatic rings. The first-order chi connectivity index (χ1) is 17.6. The van der Waals surface area contributed by atoms with Crippen molar-refractivity contribution in [2.24, 2.45) is 0 Å². The van der Waals surface area contributed by atoms with Gasteiger partial charge in [-0.15, -0.1) is 0 Å². The van der Waals surface area contributed by atoms with Crippen molar-refractivity contribution in [2.45, 2.75) is 24.2 Å². The van der Waals surface area contributed by atoms with Crippen LogP contribution in [0.5, 0.6) is 11.5 Å². The van der Waals surface area contributed by atoms with Gasteiger partial charge >= 0.3 is 6.18 Å². The third kappa shape index (κ3) is 5.16. The van der Waals surface area contributed by atoms with E-state index in [1.165, 1.54) is 18.5 Å². The summed E-state index contributed by atoms with van der Waals surface area (Å²) in [5.41, 5.74) is -0.568. The van der Waals surface area contributed by atoms with Gasteiger partial charge in [0.25, 0.3) is 5.56 Å². The summed E-state index contributed by atoms with van der Waals surface area (Å²) < 4.78 is 79.1. The zero-order chi connectivity index (χ0) is 26.2. The highest BCUT2D eigenvalue weighted by Gasteiger charge is 2.33. The minimum absolute atomic E-state index is 0.101. The minimum Gasteiger partial charge on any atom is -0.486 e. The summed E-state index contributed by atoms with van der Waals surface area (Å²) in [7, 11) is -4.46. The lowest BCUT2D eigenvalue weighted by molar-refractivity contribution is -0.137. The number of halogens is 3. The third-order valence-electron chi connectivity index (χ3n) is 5.81. The van der Waals surface area contributed by atoms with E-state index in [9.17, 15) is 26.4 Å². The monoisotopic (exact) mass is 531 g/mol. The van der Waals surface area contributed by atoms with Crippen LogP contribution < -0.4 is 15.0 Å². The average molecular weight is 532 g/mol. The average Bonchev–Trinajstić information content (AvgIpc) is 2.88. The van der Waals surface area contributed by atoms with Crippen LogP contribution in [0.2, 0.25) is 0 Å². The maximum atomic E-state index is 13.6. The summed E-state index contributed by atoms with van der Waals surface area (Å²) >= 11 is 0. The van der Waals surface area contributed by atoms with Gasteiger partial charge in [-0.05, 0) is 42.0 Å². The molecule has 0 bridgehead atoms. The smallest absolute Gasteiger partial charge is 0.416 e. The number of fused-ring (bicyclic) bond motifs is 2. The van der Waals surface area contributed by atoms with E-state index in [0.717, 1.165) is 22.5 Å². The van der Waals surface area contributed by atoms with E-state index in [2.05, 4.69) is 9.97 Å². The molecule has 0 amide bonds. The van der Waals surface area contributed by atoms with Gasteiger partial charge in [-0.3, -0.25) is 9.78 Å². The van der Waals surface area contributed by atoms with E-state index in [4.69, 9.17) is 9.47 Å². The van der Waals surface area contributed by atoms with Crippen LogP contribution in [0.25, 0.3) is 10.9 Å². The van der Waals surface area contributed by atoms with Crippen molar-refractivity contribution in [1.82, 2.24) is 14.3 Å². The van der Waals surface area contributed by atoms with Gasteiger partial charge in [0.2, 0.25) is 10.0 Å². The van der Waals surface area contributed by atoms with Crippen LogP contribution in [-0.4, -0.2) is 35.9 Å². The second kappa shape index (κ2) is 9.52. The molecule has 3 heterocycles. The molecule has 0 saturated carbocycles. The second-order valence-corrected chi connectivity index (χ2v) is 10.3. The fourth-order valence-corrected chi connectivity index (χ4v) is 5.45. The molecule has 1 aliphatic heterocycles. The fraction of sp³-hybridized carbons (Fsp3) is 0.200. The van der Waals surface area contributed by atoms with Crippen LogP contribution in [0.15, 0.2) is 76.7 Å². The largest absolute Gasteiger partial charge is 0.486 e. The molecule has 5 rings (SSSR count). The molecule has 192 valence electrons. The predicted molar refractivity (Wildman–Crippen MR) is 128 cm³/mol. The Morgan fingerprint density at radius 1 is 0.973 bits per heavy atom. The van der Waals surface area contributed by atoms with Crippen LogP contribution in [0, 0.1) is 0 Å². The summed E-state index contributed by atoms with van der Waals surface area (Å²) in [6, 6.07) is 11.6. The molecule has 0 spiro atoms. The molecule has 1 N–H and O–H groups in total. The lowest BCUT2D eigenvalue weighted by Crippen LogP contribution is -2.32. The van der Waals surface area contributed by atoms with E-state index in [1.54, 1.807) is 24.3 Å². The number of aromatic amines is 1. The van der Waals surface area contributed by atoms with Gasteiger partial charge in [0, 0.05) is 42.5 Å². The number of hydrogen-bond donors (Lipinski definition) is 1. The highest BCUT2D eigenvalue weighted by molar-refractivity contribution is 7.89. The molecule has 2 aromatic carbocycles. The normalized spacial score (nSPS) is 13.7. The molecule has 12 heteroatoms.